The summed E-state index contributed by atoms with van der Waals surface area (Å²) in [5.74, 6) is 1.56. The van der Waals surface area contributed by atoms with Gasteiger partial charge < -0.3 is 10.1 Å². The van der Waals surface area contributed by atoms with E-state index in [1.165, 1.54) is 40.0 Å². The first-order valence-electron chi connectivity index (χ1n) is 8.98. The van der Waals surface area contributed by atoms with Crippen LogP contribution in [-0.2, 0) is 11.3 Å². The molecule has 2 bridgehead atoms. The van der Waals surface area contributed by atoms with E-state index >= 15 is 0 Å². The van der Waals surface area contributed by atoms with Crippen LogP contribution in [0.5, 0.6) is 0 Å². The second kappa shape index (κ2) is 6.47. The first-order chi connectivity index (χ1) is 11.2. The minimum atomic E-state index is 0.289. The fraction of sp³-hybridized carbons (Fsp3) is 0.684. The highest BCUT2D eigenvalue weighted by molar-refractivity contribution is 7.37. The van der Waals surface area contributed by atoms with Crippen LogP contribution in [0.2, 0.25) is 0 Å². The zero-order chi connectivity index (χ0) is 15.9. The Balaban J connectivity index is 1.52. The summed E-state index contributed by atoms with van der Waals surface area (Å²) in [6.07, 6.45) is 6.71. The molecule has 126 valence electrons. The molecule has 4 heteroatoms. The van der Waals surface area contributed by atoms with Gasteiger partial charge in [0.1, 0.15) is 0 Å². The van der Waals surface area contributed by atoms with Crippen molar-refractivity contribution in [3.63, 3.8) is 0 Å². The van der Waals surface area contributed by atoms with Crippen molar-refractivity contribution >= 4 is 32.1 Å². The Morgan fingerprint density at radius 2 is 2.26 bits per heavy atom. The van der Waals surface area contributed by atoms with Crippen LogP contribution in [0.1, 0.15) is 50.8 Å². The lowest BCUT2D eigenvalue weighted by Crippen LogP contribution is -2.50. The Morgan fingerprint density at radius 3 is 3.09 bits per heavy atom. The van der Waals surface area contributed by atoms with E-state index in [4.69, 9.17) is 4.74 Å². The lowest BCUT2D eigenvalue weighted by molar-refractivity contribution is 0.0354. The maximum absolute atomic E-state index is 6.19. The summed E-state index contributed by atoms with van der Waals surface area (Å²) >= 11 is 3.82. The summed E-state index contributed by atoms with van der Waals surface area (Å²) < 4.78 is 7.65. The zero-order valence-electron chi connectivity index (χ0n) is 14.1. The number of fused-ring (bicyclic) bond motifs is 3. The summed E-state index contributed by atoms with van der Waals surface area (Å²) in [5, 5.41) is 7.61. The Kier molecular flexibility index (Phi) is 4.52. The van der Waals surface area contributed by atoms with Gasteiger partial charge in [-0.05, 0) is 61.5 Å². The topological polar surface area (TPSA) is 21.3 Å². The van der Waals surface area contributed by atoms with Crippen molar-refractivity contribution in [1.29, 1.82) is 0 Å². The summed E-state index contributed by atoms with van der Waals surface area (Å²) in [7, 11) is 0. The van der Waals surface area contributed by atoms with Crippen LogP contribution < -0.4 is 5.32 Å². The summed E-state index contributed by atoms with van der Waals surface area (Å²) in [6, 6.07) is 4.61. The molecule has 1 N–H and O–H groups in total. The van der Waals surface area contributed by atoms with E-state index in [0.717, 1.165) is 31.4 Å². The third-order valence-corrected chi connectivity index (χ3v) is 7.84. The molecule has 4 rings (SSSR count). The third kappa shape index (κ3) is 3.37. The normalized spacial score (nSPS) is 34.6. The van der Waals surface area contributed by atoms with Crippen LogP contribution in [0.25, 0.3) is 9.40 Å². The quantitative estimate of drug-likeness (QED) is 0.795. The fourth-order valence-corrected chi connectivity index (χ4v) is 6.85. The lowest BCUT2D eigenvalue weighted by Gasteiger charge is -2.43. The van der Waals surface area contributed by atoms with E-state index < -0.39 is 0 Å². The molecule has 2 aliphatic rings. The van der Waals surface area contributed by atoms with Crippen LogP contribution in [0, 0.1) is 11.8 Å². The van der Waals surface area contributed by atoms with Gasteiger partial charge in [-0.2, -0.15) is 0 Å². The van der Waals surface area contributed by atoms with E-state index in [0.29, 0.717) is 6.10 Å². The molecule has 1 aliphatic carbocycles. The maximum atomic E-state index is 6.19. The molecule has 0 spiro atoms. The zero-order valence-corrected chi connectivity index (χ0v) is 15.8. The van der Waals surface area contributed by atoms with Gasteiger partial charge >= 0.3 is 0 Å². The summed E-state index contributed by atoms with van der Waals surface area (Å²) in [6.45, 7) is 6.68. The molecule has 1 saturated carbocycles. The molecular weight excluding hydrogens is 322 g/mol. The Hall–Kier alpha value is -0.420. The van der Waals surface area contributed by atoms with E-state index in [1.807, 2.05) is 22.7 Å². The van der Waals surface area contributed by atoms with Gasteiger partial charge in [-0.15, -0.1) is 22.7 Å². The molecule has 0 amide bonds. The Morgan fingerprint density at radius 1 is 1.35 bits per heavy atom. The molecular formula is C19H27NOS2. The molecule has 1 aliphatic heterocycles. The average molecular weight is 350 g/mol. The molecule has 2 nitrogen and oxygen atoms in total. The molecule has 0 radical (unpaired) electrons. The van der Waals surface area contributed by atoms with E-state index in [-0.39, 0.29) is 5.54 Å². The standard InChI is InChI=1S/C19H27NOS2/c1-3-16-10-19(8-13(2)6-14(9-19)12-21-16)20-11-17-7-15-4-5-22-18(15)23-17/h4-5,7,13-14,16,20H,3,6,8-12H2,1-2H3. The molecule has 2 aromatic rings. The number of nitrogens with one attached hydrogen (secondary N) is 1. The van der Waals surface area contributed by atoms with Crippen LogP contribution >= 0.6 is 22.7 Å². The van der Waals surface area contributed by atoms with Crippen LogP contribution in [-0.4, -0.2) is 18.2 Å². The van der Waals surface area contributed by atoms with E-state index in [2.05, 4.69) is 36.7 Å². The molecule has 0 aromatic carbocycles. The molecule has 2 fully saturated rings. The van der Waals surface area contributed by atoms with Crippen molar-refractivity contribution < 1.29 is 4.74 Å². The van der Waals surface area contributed by atoms with Crippen molar-refractivity contribution in [2.45, 2.75) is 64.1 Å². The van der Waals surface area contributed by atoms with Gasteiger partial charge in [0.15, 0.2) is 0 Å². The van der Waals surface area contributed by atoms with Gasteiger partial charge in [-0.25, -0.2) is 0 Å². The summed E-state index contributed by atoms with van der Waals surface area (Å²) in [4.78, 5) is 1.48. The highest BCUT2D eigenvalue weighted by Crippen LogP contribution is 2.42. The second-order valence-corrected chi connectivity index (χ2v) is 10.0. The van der Waals surface area contributed by atoms with Gasteiger partial charge in [-0.3, -0.25) is 0 Å². The van der Waals surface area contributed by atoms with Gasteiger partial charge in [0.25, 0.3) is 0 Å². The first kappa shape index (κ1) is 16.1. The van der Waals surface area contributed by atoms with E-state index in [9.17, 15) is 0 Å². The smallest absolute Gasteiger partial charge is 0.0868 e. The predicted octanol–water partition coefficient (Wildman–Crippen LogP) is 5.43. The van der Waals surface area contributed by atoms with Crippen LogP contribution in [0.15, 0.2) is 17.5 Å². The molecule has 3 heterocycles. The third-order valence-electron chi connectivity index (χ3n) is 5.63. The number of ether oxygens (including phenoxy) is 1. The molecule has 4 unspecified atom stereocenters. The SMILES string of the molecule is CCC1CC2(NCc3cc4ccsc4s3)CC(C)CC(CO1)C2. The van der Waals surface area contributed by atoms with E-state index in [1.54, 1.807) is 0 Å². The Bertz CT molecular complexity index is 635. The monoisotopic (exact) mass is 349 g/mol. The Labute approximate surface area is 147 Å². The van der Waals surface area contributed by atoms with Gasteiger partial charge in [-0.1, -0.05) is 13.8 Å². The van der Waals surface area contributed by atoms with Crippen LogP contribution in [0.3, 0.4) is 0 Å². The van der Waals surface area contributed by atoms with Crippen molar-refractivity contribution in [2.24, 2.45) is 11.8 Å². The number of hydrogen-bond acceptors (Lipinski definition) is 4. The minimum absolute atomic E-state index is 0.289. The van der Waals surface area contributed by atoms with Crippen molar-refractivity contribution in [3.8, 4) is 0 Å². The van der Waals surface area contributed by atoms with Crippen molar-refractivity contribution in [3.05, 3.63) is 22.4 Å². The molecule has 23 heavy (non-hydrogen) atoms. The number of rotatable bonds is 4. The largest absolute Gasteiger partial charge is 0.378 e. The second-order valence-electron chi connectivity index (χ2n) is 7.69. The average Bonchev–Trinajstić information content (AvgIpc) is 3.07. The lowest BCUT2D eigenvalue weighted by atomic mass is 9.69. The number of hydrogen-bond donors (Lipinski definition) is 1. The van der Waals surface area contributed by atoms with Crippen LogP contribution in [0.4, 0.5) is 0 Å². The van der Waals surface area contributed by atoms with Gasteiger partial charge in [0.05, 0.1) is 10.1 Å². The molecule has 2 aromatic heterocycles. The highest BCUT2D eigenvalue weighted by Gasteiger charge is 2.42. The van der Waals surface area contributed by atoms with Crippen molar-refractivity contribution in [1.82, 2.24) is 5.32 Å². The summed E-state index contributed by atoms with van der Waals surface area (Å²) in [5.41, 5.74) is 0.289. The van der Waals surface area contributed by atoms with Crippen molar-refractivity contribution in [2.75, 3.05) is 6.61 Å². The molecule has 4 atom stereocenters. The first-order valence-corrected chi connectivity index (χ1v) is 10.7. The predicted molar refractivity (Wildman–Crippen MR) is 100 cm³/mol. The maximum Gasteiger partial charge on any atom is 0.0868 e. The van der Waals surface area contributed by atoms with Gasteiger partial charge in [0.2, 0.25) is 0 Å². The molecule has 1 saturated heterocycles. The fourth-order valence-electron chi connectivity index (χ4n) is 4.76. The van der Waals surface area contributed by atoms with Gasteiger partial charge in [0, 0.05) is 29.0 Å². The highest BCUT2D eigenvalue weighted by atomic mass is 32.2. The number of thiophene rings is 2. The minimum Gasteiger partial charge on any atom is -0.378 e.